The number of ether oxygens (including phenoxy) is 2. The van der Waals surface area contributed by atoms with Crippen LogP contribution >= 0.6 is 0 Å². The van der Waals surface area contributed by atoms with E-state index in [1.54, 1.807) is 0 Å². The summed E-state index contributed by atoms with van der Waals surface area (Å²) in [7, 11) is 0. The molecule has 0 aromatic rings. The van der Waals surface area contributed by atoms with Gasteiger partial charge < -0.3 is 14.4 Å². The van der Waals surface area contributed by atoms with Crippen LogP contribution < -0.4 is 0 Å². The van der Waals surface area contributed by atoms with Gasteiger partial charge in [0.15, 0.2) is 0 Å². The summed E-state index contributed by atoms with van der Waals surface area (Å²) in [5.41, 5.74) is 0. The van der Waals surface area contributed by atoms with Crippen molar-refractivity contribution in [3.05, 3.63) is 0 Å². The standard InChI is InChI=1S/C48H93NO4/c1-6-11-16-20-22-26-34-44(32-24-18-13-8-3)47(50)52-41-29-28-38-46-43(36-30-40-49(46)39-15-10-5)37-31-42-53-48(51)45(33-25-19-14-9-4)35-27-23-21-17-12-7-2/h43-46H,6-42H2,1-5H3. The summed E-state index contributed by atoms with van der Waals surface area (Å²) >= 11 is 0. The molecule has 5 heteroatoms. The van der Waals surface area contributed by atoms with Crippen molar-refractivity contribution in [1.82, 2.24) is 4.90 Å². The Morgan fingerprint density at radius 3 is 1.38 bits per heavy atom. The van der Waals surface area contributed by atoms with Crippen LogP contribution in [-0.2, 0) is 19.1 Å². The molecule has 53 heavy (non-hydrogen) atoms. The number of rotatable bonds is 38. The van der Waals surface area contributed by atoms with E-state index in [2.05, 4.69) is 39.5 Å². The number of hydrogen-bond acceptors (Lipinski definition) is 5. The highest BCUT2D eigenvalue weighted by atomic mass is 16.5. The lowest BCUT2D eigenvalue weighted by Gasteiger charge is -2.42. The van der Waals surface area contributed by atoms with Crippen LogP contribution in [-0.4, -0.2) is 49.2 Å². The fourth-order valence-corrected chi connectivity index (χ4v) is 8.73. The minimum absolute atomic E-state index is 0.0693. The molecule has 0 N–H and O–H groups in total. The zero-order chi connectivity index (χ0) is 38.6. The van der Waals surface area contributed by atoms with Gasteiger partial charge in [-0.15, -0.1) is 0 Å². The topological polar surface area (TPSA) is 55.8 Å². The fraction of sp³-hybridized carbons (Fsp3) is 0.958. The predicted molar refractivity (Wildman–Crippen MR) is 228 cm³/mol. The fourth-order valence-electron chi connectivity index (χ4n) is 8.73. The first-order valence-corrected chi connectivity index (χ1v) is 24.1. The Kier molecular flexibility index (Phi) is 34.4. The van der Waals surface area contributed by atoms with Crippen molar-refractivity contribution >= 4 is 11.9 Å². The van der Waals surface area contributed by atoms with Crippen molar-refractivity contribution in [3.63, 3.8) is 0 Å². The number of carbonyl (C=O) groups excluding carboxylic acids is 2. The summed E-state index contributed by atoms with van der Waals surface area (Å²) in [4.78, 5) is 29.2. The molecule has 1 aliphatic heterocycles. The predicted octanol–water partition coefficient (Wildman–Crippen LogP) is 14.6. The molecular formula is C48H93NO4. The van der Waals surface area contributed by atoms with Crippen molar-refractivity contribution in [2.45, 2.75) is 253 Å². The van der Waals surface area contributed by atoms with Crippen LogP contribution in [0.5, 0.6) is 0 Å². The van der Waals surface area contributed by atoms with Gasteiger partial charge in [0.05, 0.1) is 25.0 Å². The summed E-state index contributed by atoms with van der Waals surface area (Å²) in [6.07, 6.45) is 39.5. The van der Waals surface area contributed by atoms with Gasteiger partial charge in [-0.25, -0.2) is 0 Å². The number of hydrogen-bond donors (Lipinski definition) is 0. The van der Waals surface area contributed by atoms with Crippen LogP contribution in [0, 0.1) is 17.8 Å². The monoisotopic (exact) mass is 748 g/mol. The lowest BCUT2D eigenvalue weighted by Crippen LogP contribution is -2.45. The molecule has 4 atom stereocenters. The highest BCUT2D eigenvalue weighted by Crippen LogP contribution is 2.31. The second-order valence-corrected chi connectivity index (χ2v) is 17.0. The molecule has 5 nitrogen and oxygen atoms in total. The van der Waals surface area contributed by atoms with Crippen LogP contribution in [0.1, 0.15) is 247 Å². The van der Waals surface area contributed by atoms with Crippen molar-refractivity contribution < 1.29 is 19.1 Å². The van der Waals surface area contributed by atoms with Crippen molar-refractivity contribution in [2.75, 3.05) is 26.3 Å². The molecule has 0 aliphatic carbocycles. The van der Waals surface area contributed by atoms with E-state index in [0.29, 0.717) is 25.2 Å². The minimum atomic E-state index is 0.0693. The average Bonchev–Trinajstić information content (AvgIpc) is 3.17. The molecule has 1 aliphatic rings. The zero-order valence-electron chi connectivity index (χ0n) is 36.6. The van der Waals surface area contributed by atoms with E-state index in [4.69, 9.17) is 9.47 Å². The van der Waals surface area contributed by atoms with Gasteiger partial charge in [-0.3, -0.25) is 9.59 Å². The number of unbranched alkanes of at least 4 members (excludes halogenated alkanes) is 18. The lowest BCUT2D eigenvalue weighted by molar-refractivity contribution is -0.150. The Hall–Kier alpha value is -1.10. The van der Waals surface area contributed by atoms with Gasteiger partial charge in [0, 0.05) is 6.04 Å². The van der Waals surface area contributed by atoms with E-state index < -0.39 is 0 Å². The van der Waals surface area contributed by atoms with Gasteiger partial charge in [0.25, 0.3) is 0 Å². The molecule has 0 aromatic heterocycles. The summed E-state index contributed by atoms with van der Waals surface area (Å²) in [6, 6.07) is 0.597. The molecule has 4 unspecified atom stereocenters. The van der Waals surface area contributed by atoms with E-state index in [0.717, 1.165) is 77.0 Å². The van der Waals surface area contributed by atoms with Gasteiger partial charge in [-0.2, -0.15) is 0 Å². The van der Waals surface area contributed by atoms with Gasteiger partial charge in [0.2, 0.25) is 0 Å². The highest BCUT2D eigenvalue weighted by Gasteiger charge is 2.30. The number of nitrogens with zero attached hydrogens (tertiary/aromatic N) is 1. The van der Waals surface area contributed by atoms with Gasteiger partial charge in [-0.05, 0) is 96.1 Å². The SMILES string of the molecule is CCCCCCCCC(CCCCCC)C(=O)OCCCCC1C(CCCOC(=O)C(CCCCCC)CCCCCCCC)CCCN1CCCC. The molecule has 0 aromatic carbocycles. The van der Waals surface area contributed by atoms with E-state index >= 15 is 0 Å². The number of esters is 2. The first-order chi connectivity index (χ1) is 26.0. The van der Waals surface area contributed by atoms with Crippen LogP contribution in [0.25, 0.3) is 0 Å². The summed E-state index contributed by atoms with van der Waals surface area (Å²) in [5, 5.41) is 0. The van der Waals surface area contributed by atoms with E-state index in [-0.39, 0.29) is 23.8 Å². The molecule has 314 valence electrons. The number of likely N-dealkylation sites (tertiary alicyclic amines) is 1. The van der Waals surface area contributed by atoms with Crippen LogP contribution in [0.3, 0.4) is 0 Å². The van der Waals surface area contributed by atoms with E-state index in [1.807, 2.05) is 0 Å². The first-order valence-electron chi connectivity index (χ1n) is 24.1. The maximum Gasteiger partial charge on any atom is 0.308 e. The number of carbonyl (C=O) groups is 2. The largest absolute Gasteiger partial charge is 0.465 e. The van der Waals surface area contributed by atoms with Crippen LogP contribution in [0.4, 0.5) is 0 Å². The van der Waals surface area contributed by atoms with Gasteiger partial charge in [0.1, 0.15) is 0 Å². The molecule has 0 amide bonds. The Morgan fingerprint density at radius 2 is 0.906 bits per heavy atom. The smallest absolute Gasteiger partial charge is 0.308 e. The van der Waals surface area contributed by atoms with E-state index in [9.17, 15) is 9.59 Å². The number of piperidine rings is 1. The van der Waals surface area contributed by atoms with Gasteiger partial charge in [-0.1, -0.05) is 169 Å². The second-order valence-electron chi connectivity index (χ2n) is 17.0. The lowest BCUT2D eigenvalue weighted by atomic mass is 9.83. The van der Waals surface area contributed by atoms with E-state index in [1.165, 1.54) is 148 Å². The van der Waals surface area contributed by atoms with Crippen molar-refractivity contribution in [2.24, 2.45) is 17.8 Å². The Morgan fingerprint density at radius 1 is 0.491 bits per heavy atom. The molecule has 0 radical (unpaired) electrons. The third-order valence-electron chi connectivity index (χ3n) is 12.2. The molecule has 0 bridgehead atoms. The molecule has 1 fully saturated rings. The van der Waals surface area contributed by atoms with Crippen molar-refractivity contribution in [3.8, 4) is 0 Å². The van der Waals surface area contributed by atoms with Crippen LogP contribution in [0.2, 0.25) is 0 Å². The molecule has 0 saturated carbocycles. The Labute approximate surface area is 331 Å². The summed E-state index contributed by atoms with van der Waals surface area (Å²) in [6.45, 7) is 14.9. The summed E-state index contributed by atoms with van der Waals surface area (Å²) in [5.74, 6) is 0.987. The Balaban J connectivity index is 2.59. The zero-order valence-corrected chi connectivity index (χ0v) is 36.6. The molecule has 0 spiro atoms. The summed E-state index contributed by atoms with van der Waals surface area (Å²) < 4.78 is 12.0. The third kappa shape index (κ3) is 26.4. The van der Waals surface area contributed by atoms with Crippen molar-refractivity contribution in [1.29, 1.82) is 0 Å². The quantitative estimate of drug-likeness (QED) is 0.0465. The normalized spacial score (nSPS) is 17.5. The molecule has 1 heterocycles. The molecule has 1 saturated heterocycles. The van der Waals surface area contributed by atoms with Crippen LogP contribution in [0.15, 0.2) is 0 Å². The molecule has 1 rings (SSSR count). The molecular weight excluding hydrogens is 655 g/mol. The Bertz CT molecular complexity index is 817. The van der Waals surface area contributed by atoms with Gasteiger partial charge >= 0.3 is 11.9 Å². The maximum absolute atomic E-state index is 13.3. The second kappa shape index (κ2) is 36.5. The maximum atomic E-state index is 13.3. The first kappa shape index (κ1) is 49.9. The average molecular weight is 748 g/mol. The third-order valence-corrected chi connectivity index (χ3v) is 12.2. The highest BCUT2D eigenvalue weighted by molar-refractivity contribution is 5.72. The minimum Gasteiger partial charge on any atom is -0.465 e.